The summed E-state index contributed by atoms with van der Waals surface area (Å²) in [5.74, 6) is 0.905. The van der Waals surface area contributed by atoms with Crippen molar-refractivity contribution in [3.63, 3.8) is 0 Å². The van der Waals surface area contributed by atoms with Gasteiger partial charge in [0.2, 0.25) is 0 Å². The minimum atomic E-state index is 0.739. The van der Waals surface area contributed by atoms with Gasteiger partial charge in [0.1, 0.15) is 0 Å². The molecule has 1 heterocycles. The maximum absolute atomic E-state index is 5.57. The van der Waals surface area contributed by atoms with Crippen molar-refractivity contribution in [2.45, 2.75) is 39.2 Å². The first-order valence-corrected chi connectivity index (χ1v) is 7.28. The zero-order valence-electron chi connectivity index (χ0n) is 11.6. The number of rotatable bonds is 4. The van der Waals surface area contributed by atoms with Gasteiger partial charge < -0.3 is 5.73 Å². The Morgan fingerprint density at radius 3 is 2.56 bits per heavy atom. The van der Waals surface area contributed by atoms with Crippen LogP contribution in [0.2, 0.25) is 0 Å². The van der Waals surface area contributed by atoms with Gasteiger partial charge in [-0.2, -0.15) is 0 Å². The fraction of sp³-hybridized carbons (Fsp3) is 0.625. The molecule has 18 heavy (non-hydrogen) atoms. The summed E-state index contributed by atoms with van der Waals surface area (Å²) in [5.41, 5.74) is 8.36. The van der Waals surface area contributed by atoms with Crippen LogP contribution >= 0.6 is 0 Å². The average Bonchev–Trinajstić information content (AvgIpc) is 2.57. The van der Waals surface area contributed by atoms with Crippen LogP contribution in [0.1, 0.15) is 37.3 Å². The third kappa shape index (κ3) is 4.11. The predicted molar refractivity (Wildman–Crippen MR) is 77.5 cm³/mol. The molecule has 1 aromatic carbocycles. The molecule has 1 aliphatic heterocycles. The number of nitrogens with zero attached hydrogens (tertiary/aromatic N) is 1. The van der Waals surface area contributed by atoms with Gasteiger partial charge in [0.25, 0.3) is 0 Å². The van der Waals surface area contributed by atoms with Crippen molar-refractivity contribution in [3.05, 3.63) is 35.4 Å². The third-order valence-electron chi connectivity index (χ3n) is 3.97. The minimum absolute atomic E-state index is 0.739. The maximum Gasteiger partial charge on any atom is 0.0233 e. The molecule has 2 rings (SSSR count). The van der Waals surface area contributed by atoms with Crippen molar-refractivity contribution >= 4 is 0 Å². The molecule has 0 spiro atoms. The largest absolute Gasteiger partial charge is 0.330 e. The second-order valence-electron chi connectivity index (χ2n) is 5.67. The van der Waals surface area contributed by atoms with Crippen LogP contribution in [-0.2, 0) is 13.0 Å². The quantitative estimate of drug-likeness (QED) is 0.885. The SMILES string of the molecule is CC1CCCN(Cc2ccc(CCN)cc2)CC1. The number of benzene rings is 1. The van der Waals surface area contributed by atoms with E-state index < -0.39 is 0 Å². The predicted octanol–water partition coefficient (Wildman–Crippen LogP) is 2.81. The highest BCUT2D eigenvalue weighted by Gasteiger charge is 2.13. The van der Waals surface area contributed by atoms with Crippen LogP contribution in [0.15, 0.2) is 24.3 Å². The van der Waals surface area contributed by atoms with Gasteiger partial charge in [-0.15, -0.1) is 0 Å². The lowest BCUT2D eigenvalue weighted by atomic mass is 10.0. The molecule has 0 radical (unpaired) electrons. The molecule has 2 heteroatoms. The first-order chi connectivity index (χ1) is 8.78. The standard InChI is InChI=1S/C16H26N2/c1-14-3-2-11-18(12-9-14)13-16-6-4-15(5-7-16)8-10-17/h4-7,14H,2-3,8-13,17H2,1H3. The lowest BCUT2D eigenvalue weighted by Gasteiger charge is -2.20. The van der Waals surface area contributed by atoms with E-state index in [1.54, 1.807) is 0 Å². The van der Waals surface area contributed by atoms with Crippen molar-refractivity contribution in [1.29, 1.82) is 0 Å². The molecule has 0 bridgehead atoms. The van der Waals surface area contributed by atoms with Gasteiger partial charge in [-0.05, 0) is 62.4 Å². The van der Waals surface area contributed by atoms with E-state index in [4.69, 9.17) is 5.73 Å². The summed E-state index contributed by atoms with van der Waals surface area (Å²) in [6.45, 7) is 6.74. The third-order valence-corrected chi connectivity index (χ3v) is 3.97. The Balaban J connectivity index is 1.88. The van der Waals surface area contributed by atoms with Gasteiger partial charge in [-0.3, -0.25) is 4.90 Å². The summed E-state index contributed by atoms with van der Waals surface area (Å²) >= 11 is 0. The highest BCUT2D eigenvalue weighted by Crippen LogP contribution is 2.18. The Labute approximate surface area is 111 Å². The van der Waals surface area contributed by atoms with Gasteiger partial charge in [0.15, 0.2) is 0 Å². The van der Waals surface area contributed by atoms with Crippen LogP contribution in [0, 0.1) is 5.92 Å². The summed E-state index contributed by atoms with van der Waals surface area (Å²) in [6.07, 6.45) is 5.09. The van der Waals surface area contributed by atoms with Crippen LogP contribution in [0.5, 0.6) is 0 Å². The van der Waals surface area contributed by atoms with Crippen molar-refractivity contribution < 1.29 is 0 Å². The monoisotopic (exact) mass is 246 g/mol. The Hall–Kier alpha value is -0.860. The summed E-state index contributed by atoms with van der Waals surface area (Å²) < 4.78 is 0. The lowest BCUT2D eigenvalue weighted by Crippen LogP contribution is -2.24. The second-order valence-corrected chi connectivity index (χ2v) is 5.67. The van der Waals surface area contributed by atoms with Gasteiger partial charge in [0, 0.05) is 6.54 Å². The smallest absolute Gasteiger partial charge is 0.0233 e. The van der Waals surface area contributed by atoms with Crippen molar-refractivity contribution in [2.24, 2.45) is 11.7 Å². The van der Waals surface area contributed by atoms with E-state index in [2.05, 4.69) is 36.1 Å². The zero-order chi connectivity index (χ0) is 12.8. The van der Waals surface area contributed by atoms with E-state index in [0.717, 1.165) is 25.4 Å². The van der Waals surface area contributed by atoms with E-state index in [9.17, 15) is 0 Å². The zero-order valence-corrected chi connectivity index (χ0v) is 11.6. The molecule has 0 aliphatic carbocycles. The first kappa shape index (κ1) is 13.6. The second kappa shape index (κ2) is 6.91. The molecule has 1 saturated heterocycles. The molecular weight excluding hydrogens is 220 g/mol. The fourth-order valence-corrected chi connectivity index (χ4v) is 2.72. The average molecular weight is 246 g/mol. The van der Waals surface area contributed by atoms with E-state index in [1.165, 1.54) is 43.5 Å². The molecule has 0 aromatic heterocycles. The van der Waals surface area contributed by atoms with Crippen molar-refractivity contribution in [2.75, 3.05) is 19.6 Å². The van der Waals surface area contributed by atoms with E-state index in [0.29, 0.717) is 0 Å². The van der Waals surface area contributed by atoms with Gasteiger partial charge in [0.05, 0.1) is 0 Å². The van der Waals surface area contributed by atoms with E-state index in [1.807, 2.05) is 0 Å². The lowest BCUT2D eigenvalue weighted by molar-refractivity contribution is 0.273. The number of hydrogen-bond donors (Lipinski definition) is 1. The summed E-state index contributed by atoms with van der Waals surface area (Å²) in [5, 5.41) is 0. The van der Waals surface area contributed by atoms with Crippen LogP contribution in [-0.4, -0.2) is 24.5 Å². The first-order valence-electron chi connectivity index (χ1n) is 7.28. The van der Waals surface area contributed by atoms with Crippen molar-refractivity contribution in [1.82, 2.24) is 4.90 Å². The fourth-order valence-electron chi connectivity index (χ4n) is 2.72. The van der Waals surface area contributed by atoms with Crippen LogP contribution in [0.3, 0.4) is 0 Å². The number of nitrogens with two attached hydrogens (primary N) is 1. The Bertz CT molecular complexity index is 345. The molecule has 1 aromatic rings. The number of hydrogen-bond acceptors (Lipinski definition) is 2. The molecule has 0 amide bonds. The molecule has 2 nitrogen and oxygen atoms in total. The molecule has 100 valence electrons. The topological polar surface area (TPSA) is 29.3 Å². The Morgan fingerprint density at radius 2 is 1.83 bits per heavy atom. The minimum Gasteiger partial charge on any atom is -0.330 e. The molecular formula is C16H26N2. The van der Waals surface area contributed by atoms with Gasteiger partial charge in [-0.1, -0.05) is 31.2 Å². The summed E-state index contributed by atoms with van der Waals surface area (Å²) in [6, 6.07) is 8.98. The van der Waals surface area contributed by atoms with E-state index >= 15 is 0 Å². The summed E-state index contributed by atoms with van der Waals surface area (Å²) in [4.78, 5) is 2.60. The van der Waals surface area contributed by atoms with Crippen LogP contribution in [0.25, 0.3) is 0 Å². The summed E-state index contributed by atoms with van der Waals surface area (Å²) in [7, 11) is 0. The molecule has 2 N–H and O–H groups in total. The normalized spacial score (nSPS) is 21.8. The molecule has 1 aliphatic rings. The Kier molecular flexibility index (Phi) is 5.21. The van der Waals surface area contributed by atoms with Gasteiger partial charge >= 0.3 is 0 Å². The highest BCUT2D eigenvalue weighted by atomic mass is 15.1. The number of likely N-dealkylation sites (tertiary alicyclic amines) is 1. The van der Waals surface area contributed by atoms with Crippen LogP contribution in [0.4, 0.5) is 0 Å². The van der Waals surface area contributed by atoms with Gasteiger partial charge in [-0.25, -0.2) is 0 Å². The molecule has 1 unspecified atom stereocenters. The van der Waals surface area contributed by atoms with Crippen molar-refractivity contribution in [3.8, 4) is 0 Å². The molecule has 1 atom stereocenters. The Morgan fingerprint density at radius 1 is 1.11 bits per heavy atom. The van der Waals surface area contributed by atoms with E-state index in [-0.39, 0.29) is 0 Å². The maximum atomic E-state index is 5.57. The van der Waals surface area contributed by atoms with Crippen LogP contribution < -0.4 is 5.73 Å². The molecule has 0 saturated carbocycles. The molecule has 1 fully saturated rings. The highest BCUT2D eigenvalue weighted by molar-refractivity contribution is 5.22.